The first-order valence-corrected chi connectivity index (χ1v) is 5.55. The second-order valence-corrected chi connectivity index (χ2v) is 4.96. The normalized spacial score (nSPS) is 11.4. The molecule has 0 atom stereocenters. The van der Waals surface area contributed by atoms with Gasteiger partial charge in [-0.15, -0.1) is 0 Å². The van der Waals surface area contributed by atoms with E-state index < -0.39 is 23.0 Å². The first kappa shape index (κ1) is 14.6. The molecule has 1 rings (SSSR count). The van der Waals surface area contributed by atoms with Crippen LogP contribution in [-0.2, 0) is 10.2 Å². The van der Waals surface area contributed by atoms with Gasteiger partial charge in [0.1, 0.15) is 0 Å². The van der Waals surface area contributed by atoms with Crippen molar-refractivity contribution >= 4 is 17.6 Å². The van der Waals surface area contributed by atoms with Crippen LogP contribution < -0.4 is 4.74 Å². The second-order valence-electron chi connectivity index (χ2n) is 4.56. The Labute approximate surface area is 109 Å². The van der Waals surface area contributed by atoms with Crippen LogP contribution >= 0.6 is 11.6 Å². The molecule has 100 valence electrons. The van der Waals surface area contributed by atoms with Gasteiger partial charge >= 0.3 is 5.97 Å². The highest BCUT2D eigenvalue weighted by Crippen LogP contribution is 2.42. The number of carbonyl (C=O) groups is 1. The molecule has 2 N–H and O–H groups in total. The summed E-state index contributed by atoms with van der Waals surface area (Å²) in [5, 5.41) is 18.6. The minimum Gasteiger partial charge on any atom is -0.505 e. The average Bonchev–Trinajstić information content (AvgIpc) is 2.22. The Morgan fingerprint density at radius 3 is 2.56 bits per heavy atom. The molecule has 0 spiro atoms. The van der Waals surface area contributed by atoms with E-state index in [0.29, 0.717) is 0 Å². The number of carboxylic acids is 1. The molecule has 0 radical (unpaired) electrons. The number of hydrogen-bond donors (Lipinski definition) is 2. The zero-order chi connectivity index (χ0) is 14.1. The van der Waals surface area contributed by atoms with Crippen molar-refractivity contribution < 1.29 is 24.1 Å². The molecule has 1 aromatic carbocycles. The molecule has 0 aliphatic heterocycles. The third-order valence-electron chi connectivity index (χ3n) is 2.68. The molecule has 0 amide bonds. The fourth-order valence-corrected chi connectivity index (χ4v) is 2.04. The molecular weight excluding hydrogens is 263 g/mol. The minimum atomic E-state index is -1.05. The third-order valence-corrected chi connectivity index (χ3v) is 2.96. The average molecular weight is 277 g/mol. The molecule has 0 fully saturated rings. The third kappa shape index (κ3) is 2.67. The summed E-state index contributed by atoms with van der Waals surface area (Å²) in [6, 6.07) is 1.32. The van der Waals surface area contributed by atoms with E-state index in [1.807, 2.05) is 0 Å². The maximum atomic E-state index is 13.8. The molecule has 18 heavy (non-hydrogen) atoms. The number of phenols is 1. The first-order chi connectivity index (χ1) is 8.20. The topological polar surface area (TPSA) is 66.8 Å². The summed E-state index contributed by atoms with van der Waals surface area (Å²) in [6.07, 6.45) is -0.261. The molecular formula is C12H14ClFO4. The molecule has 0 aliphatic rings. The maximum absolute atomic E-state index is 13.8. The summed E-state index contributed by atoms with van der Waals surface area (Å²) in [5.74, 6) is -2.93. The van der Waals surface area contributed by atoms with Gasteiger partial charge in [0.2, 0.25) is 5.82 Å². The van der Waals surface area contributed by atoms with Crippen molar-refractivity contribution in [2.24, 2.45) is 0 Å². The fourth-order valence-electron chi connectivity index (χ4n) is 1.77. The van der Waals surface area contributed by atoms with Crippen molar-refractivity contribution in [2.75, 3.05) is 7.11 Å². The number of rotatable bonds is 4. The largest absolute Gasteiger partial charge is 0.505 e. The van der Waals surface area contributed by atoms with E-state index in [-0.39, 0.29) is 22.8 Å². The van der Waals surface area contributed by atoms with Gasteiger partial charge in [0.25, 0.3) is 0 Å². The molecule has 0 unspecified atom stereocenters. The molecule has 0 aromatic heterocycles. The van der Waals surface area contributed by atoms with Crippen LogP contribution in [0.3, 0.4) is 0 Å². The lowest BCUT2D eigenvalue weighted by molar-refractivity contribution is -0.138. The Kier molecular flexibility index (Phi) is 4.06. The molecule has 0 bridgehead atoms. The van der Waals surface area contributed by atoms with Gasteiger partial charge in [-0.1, -0.05) is 25.4 Å². The van der Waals surface area contributed by atoms with Gasteiger partial charge in [0, 0.05) is 11.0 Å². The number of carboxylic acid groups (broad SMARTS) is 1. The minimum absolute atomic E-state index is 0.0127. The van der Waals surface area contributed by atoms with Gasteiger partial charge < -0.3 is 14.9 Å². The van der Waals surface area contributed by atoms with E-state index in [1.54, 1.807) is 13.8 Å². The molecule has 0 heterocycles. The van der Waals surface area contributed by atoms with Crippen LogP contribution in [0.5, 0.6) is 11.5 Å². The summed E-state index contributed by atoms with van der Waals surface area (Å²) in [4.78, 5) is 10.8. The number of aromatic hydroxyl groups is 1. The Morgan fingerprint density at radius 1 is 1.56 bits per heavy atom. The smallest absolute Gasteiger partial charge is 0.304 e. The van der Waals surface area contributed by atoms with Crippen molar-refractivity contribution in [2.45, 2.75) is 25.7 Å². The van der Waals surface area contributed by atoms with Crippen molar-refractivity contribution in [3.63, 3.8) is 0 Å². The van der Waals surface area contributed by atoms with E-state index in [2.05, 4.69) is 0 Å². The van der Waals surface area contributed by atoms with E-state index in [0.717, 1.165) is 0 Å². The van der Waals surface area contributed by atoms with Gasteiger partial charge in [-0.2, -0.15) is 4.39 Å². The van der Waals surface area contributed by atoms with Crippen LogP contribution in [0.4, 0.5) is 4.39 Å². The van der Waals surface area contributed by atoms with Crippen LogP contribution in [0.15, 0.2) is 6.07 Å². The van der Waals surface area contributed by atoms with Gasteiger partial charge in [-0.05, 0) is 6.07 Å². The van der Waals surface area contributed by atoms with Crippen LogP contribution in [-0.4, -0.2) is 23.3 Å². The molecule has 1 aromatic rings. The number of phenolic OH excluding ortho intramolecular Hbond substituents is 1. The van der Waals surface area contributed by atoms with Gasteiger partial charge in [-0.3, -0.25) is 4.79 Å². The maximum Gasteiger partial charge on any atom is 0.304 e. The quantitative estimate of drug-likeness (QED) is 0.887. The highest BCUT2D eigenvalue weighted by atomic mass is 35.5. The summed E-state index contributed by atoms with van der Waals surface area (Å²) >= 11 is 5.83. The zero-order valence-electron chi connectivity index (χ0n) is 10.3. The van der Waals surface area contributed by atoms with Gasteiger partial charge in [0.15, 0.2) is 11.5 Å². The SMILES string of the molecule is COc1c(Cl)cc(C(C)(C)CC(=O)O)c(O)c1F. The van der Waals surface area contributed by atoms with Gasteiger partial charge in [-0.25, -0.2) is 0 Å². The number of hydrogen-bond acceptors (Lipinski definition) is 3. The molecule has 0 aliphatic carbocycles. The first-order valence-electron chi connectivity index (χ1n) is 5.18. The summed E-state index contributed by atoms with van der Waals surface area (Å²) in [5.41, 5.74) is -0.819. The Hall–Kier alpha value is -1.49. The Morgan fingerprint density at radius 2 is 2.11 bits per heavy atom. The van der Waals surface area contributed by atoms with Gasteiger partial charge in [0.05, 0.1) is 18.6 Å². The van der Waals surface area contributed by atoms with Crippen molar-refractivity contribution in [1.82, 2.24) is 0 Å². The van der Waals surface area contributed by atoms with Crippen LogP contribution in [0, 0.1) is 5.82 Å². The zero-order valence-corrected chi connectivity index (χ0v) is 11.0. The van der Waals surface area contributed by atoms with E-state index >= 15 is 0 Å². The Balaban J connectivity index is 3.39. The van der Waals surface area contributed by atoms with Crippen molar-refractivity contribution in [1.29, 1.82) is 0 Å². The number of ether oxygens (including phenoxy) is 1. The molecule has 6 heteroatoms. The number of aliphatic carboxylic acids is 1. The number of benzene rings is 1. The fraction of sp³-hybridized carbons (Fsp3) is 0.417. The second kappa shape index (κ2) is 5.02. The van der Waals surface area contributed by atoms with E-state index in [4.69, 9.17) is 21.4 Å². The molecule has 0 saturated carbocycles. The lowest BCUT2D eigenvalue weighted by Gasteiger charge is -2.25. The number of halogens is 2. The monoisotopic (exact) mass is 276 g/mol. The summed E-state index contributed by atoms with van der Waals surface area (Å²) < 4.78 is 18.5. The highest BCUT2D eigenvalue weighted by Gasteiger charge is 2.30. The molecule has 4 nitrogen and oxygen atoms in total. The predicted octanol–water partition coefficient (Wildman–Crippen LogP) is 2.95. The van der Waals surface area contributed by atoms with Crippen molar-refractivity contribution in [3.8, 4) is 11.5 Å². The van der Waals surface area contributed by atoms with Crippen LogP contribution in [0.25, 0.3) is 0 Å². The van der Waals surface area contributed by atoms with E-state index in [9.17, 15) is 14.3 Å². The Bertz CT molecular complexity index is 485. The molecule has 0 saturated heterocycles. The van der Waals surface area contributed by atoms with Crippen LogP contribution in [0.1, 0.15) is 25.8 Å². The predicted molar refractivity (Wildman–Crippen MR) is 64.9 cm³/mol. The van der Waals surface area contributed by atoms with Crippen molar-refractivity contribution in [3.05, 3.63) is 22.5 Å². The highest BCUT2D eigenvalue weighted by molar-refractivity contribution is 6.32. The lowest BCUT2D eigenvalue weighted by atomic mass is 9.81. The van der Waals surface area contributed by atoms with Crippen LogP contribution in [0.2, 0.25) is 5.02 Å². The standard InChI is InChI=1S/C12H14ClFO4/c1-12(2,5-8(15)16)6-4-7(13)11(18-3)9(14)10(6)17/h4,17H,5H2,1-3H3,(H,15,16). The summed E-state index contributed by atoms with van der Waals surface area (Å²) in [6.45, 7) is 3.16. The van der Waals surface area contributed by atoms with E-state index in [1.165, 1.54) is 13.2 Å². The number of methoxy groups -OCH3 is 1. The lowest BCUT2D eigenvalue weighted by Crippen LogP contribution is -2.22. The summed E-state index contributed by atoms with van der Waals surface area (Å²) in [7, 11) is 1.23.